The number of halogens is 1. The Bertz CT molecular complexity index is 510. The van der Waals surface area contributed by atoms with Gasteiger partial charge in [-0.15, -0.1) is 0 Å². The van der Waals surface area contributed by atoms with Gasteiger partial charge in [0, 0.05) is 25.1 Å². The number of hydrogen-bond donors (Lipinski definition) is 3. The molecule has 116 valence electrons. The largest absolute Gasteiger partial charge is 0.480 e. The van der Waals surface area contributed by atoms with Crippen LogP contribution in [-0.4, -0.2) is 46.8 Å². The van der Waals surface area contributed by atoms with Gasteiger partial charge in [-0.05, 0) is 24.6 Å². The summed E-state index contributed by atoms with van der Waals surface area (Å²) in [7, 11) is 1.57. The molecule has 2 atom stereocenters. The smallest absolute Gasteiger partial charge is 0.326 e. The lowest BCUT2D eigenvalue weighted by Gasteiger charge is -2.27. The molecule has 3 N–H and O–H groups in total. The lowest BCUT2D eigenvalue weighted by Crippen LogP contribution is -2.47. The molecule has 2 amide bonds. The minimum atomic E-state index is -1.18. The number of carboxylic acid groups (broad SMARTS) is 1. The molecule has 0 bridgehead atoms. The van der Waals surface area contributed by atoms with Crippen LogP contribution in [0.15, 0.2) is 24.3 Å². The second-order valence-corrected chi connectivity index (χ2v) is 5.13. The van der Waals surface area contributed by atoms with Gasteiger partial charge >= 0.3 is 12.0 Å². The lowest BCUT2D eigenvalue weighted by atomic mass is 10.1. The van der Waals surface area contributed by atoms with E-state index in [9.17, 15) is 9.59 Å². The van der Waals surface area contributed by atoms with Crippen LogP contribution in [0.25, 0.3) is 0 Å². The van der Waals surface area contributed by atoms with Gasteiger partial charge in [-0.2, -0.15) is 0 Å². The fourth-order valence-electron chi connectivity index (χ4n) is 1.80. The van der Waals surface area contributed by atoms with Gasteiger partial charge in [0.15, 0.2) is 0 Å². The maximum absolute atomic E-state index is 12.1. The molecule has 0 aliphatic carbocycles. The Morgan fingerprint density at radius 3 is 2.62 bits per heavy atom. The first kappa shape index (κ1) is 17.3. The maximum Gasteiger partial charge on any atom is 0.326 e. The lowest BCUT2D eigenvalue weighted by molar-refractivity contribution is -0.139. The van der Waals surface area contributed by atoms with E-state index in [0.717, 1.165) is 5.56 Å². The molecule has 0 saturated carbocycles. The predicted octanol–water partition coefficient (Wildman–Crippen LogP) is 1.88. The molecule has 0 aliphatic heterocycles. The Kier molecular flexibility index (Phi) is 6.45. The molecular weight excluding hydrogens is 296 g/mol. The molecule has 0 radical (unpaired) electrons. The van der Waals surface area contributed by atoms with Crippen LogP contribution in [0.2, 0.25) is 5.02 Å². The van der Waals surface area contributed by atoms with Crippen LogP contribution < -0.4 is 5.32 Å². The van der Waals surface area contributed by atoms with Gasteiger partial charge in [0.05, 0.1) is 6.04 Å². The van der Waals surface area contributed by atoms with Gasteiger partial charge in [-0.25, -0.2) is 9.59 Å². The zero-order chi connectivity index (χ0) is 16.0. The number of carbonyl (C=O) groups is 2. The molecule has 1 rings (SSSR count). The number of aliphatic carboxylic acids is 1. The number of aliphatic hydroxyl groups is 1. The van der Waals surface area contributed by atoms with E-state index in [2.05, 4.69) is 5.32 Å². The Hall–Kier alpha value is -1.79. The Morgan fingerprint density at radius 2 is 2.10 bits per heavy atom. The predicted molar refractivity (Wildman–Crippen MR) is 79.3 cm³/mol. The van der Waals surface area contributed by atoms with Crippen LogP contribution in [0.4, 0.5) is 4.79 Å². The van der Waals surface area contributed by atoms with Gasteiger partial charge in [-0.3, -0.25) is 0 Å². The quantitative estimate of drug-likeness (QED) is 0.748. The third-order valence-corrected chi connectivity index (χ3v) is 3.48. The molecular formula is C14H19ClN2O4. The SMILES string of the molecule is CC(c1cccc(Cl)c1)N(C)C(=O)NC(CCO)C(=O)O. The highest BCUT2D eigenvalue weighted by atomic mass is 35.5. The summed E-state index contributed by atoms with van der Waals surface area (Å²) >= 11 is 5.92. The summed E-state index contributed by atoms with van der Waals surface area (Å²) in [5.74, 6) is -1.18. The highest BCUT2D eigenvalue weighted by Crippen LogP contribution is 2.21. The molecule has 0 aliphatic rings. The topological polar surface area (TPSA) is 89.9 Å². The average Bonchev–Trinajstić information content (AvgIpc) is 2.44. The molecule has 0 heterocycles. The molecule has 0 spiro atoms. The molecule has 0 aromatic heterocycles. The number of hydrogen-bond acceptors (Lipinski definition) is 3. The summed E-state index contributed by atoms with van der Waals surface area (Å²) in [5.41, 5.74) is 0.842. The first-order chi connectivity index (χ1) is 9.86. The van der Waals surface area contributed by atoms with Crippen LogP contribution >= 0.6 is 11.6 Å². The van der Waals surface area contributed by atoms with Gasteiger partial charge in [0.1, 0.15) is 6.04 Å². The van der Waals surface area contributed by atoms with E-state index in [-0.39, 0.29) is 19.1 Å². The van der Waals surface area contributed by atoms with Crippen LogP contribution in [-0.2, 0) is 4.79 Å². The standard InChI is InChI=1S/C14H19ClN2O4/c1-9(10-4-3-5-11(15)8-10)17(2)14(21)16-12(6-7-18)13(19)20/h3-5,8-9,12,18H,6-7H2,1-2H3,(H,16,21)(H,19,20). The Morgan fingerprint density at radius 1 is 1.43 bits per heavy atom. The normalized spacial score (nSPS) is 13.3. The number of amides is 2. The van der Waals surface area contributed by atoms with Gasteiger partial charge in [0.25, 0.3) is 0 Å². The molecule has 0 saturated heterocycles. The number of benzene rings is 1. The summed E-state index contributed by atoms with van der Waals surface area (Å²) in [5, 5.41) is 20.7. The van der Waals surface area contributed by atoms with Crippen LogP contribution in [0.5, 0.6) is 0 Å². The first-order valence-electron chi connectivity index (χ1n) is 6.49. The highest BCUT2D eigenvalue weighted by Gasteiger charge is 2.24. The molecule has 1 aromatic rings. The average molecular weight is 315 g/mol. The van der Waals surface area contributed by atoms with E-state index < -0.39 is 18.0 Å². The second kappa shape index (κ2) is 7.85. The van der Waals surface area contributed by atoms with Crippen LogP contribution in [0.1, 0.15) is 24.9 Å². The van der Waals surface area contributed by atoms with E-state index in [4.69, 9.17) is 21.8 Å². The Balaban J connectivity index is 2.75. The minimum Gasteiger partial charge on any atom is -0.480 e. The number of carbonyl (C=O) groups excluding carboxylic acids is 1. The van der Waals surface area contributed by atoms with E-state index in [1.54, 1.807) is 25.2 Å². The molecule has 21 heavy (non-hydrogen) atoms. The minimum absolute atomic E-state index is 0.0412. The third kappa shape index (κ3) is 4.91. The van der Waals surface area contributed by atoms with Gasteiger partial charge < -0.3 is 20.4 Å². The number of nitrogens with one attached hydrogen (secondary N) is 1. The van der Waals surface area contributed by atoms with Crippen molar-refractivity contribution in [1.29, 1.82) is 0 Å². The third-order valence-electron chi connectivity index (χ3n) is 3.25. The van der Waals surface area contributed by atoms with Crippen molar-refractivity contribution >= 4 is 23.6 Å². The van der Waals surface area contributed by atoms with Crippen molar-refractivity contribution in [3.8, 4) is 0 Å². The summed E-state index contributed by atoms with van der Waals surface area (Å²) in [6, 6.07) is 5.19. The molecule has 7 heteroatoms. The summed E-state index contributed by atoms with van der Waals surface area (Å²) < 4.78 is 0. The number of nitrogens with zero attached hydrogens (tertiary/aromatic N) is 1. The van der Waals surface area contributed by atoms with Gasteiger partial charge in [-0.1, -0.05) is 23.7 Å². The van der Waals surface area contributed by atoms with E-state index >= 15 is 0 Å². The molecule has 0 fully saturated rings. The van der Waals surface area contributed by atoms with Crippen molar-refractivity contribution in [3.63, 3.8) is 0 Å². The fourth-order valence-corrected chi connectivity index (χ4v) is 2.00. The number of aliphatic hydroxyl groups excluding tert-OH is 1. The van der Waals surface area contributed by atoms with E-state index in [1.165, 1.54) is 4.90 Å². The van der Waals surface area contributed by atoms with Crippen molar-refractivity contribution in [2.45, 2.75) is 25.4 Å². The van der Waals surface area contributed by atoms with E-state index in [0.29, 0.717) is 5.02 Å². The van der Waals surface area contributed by atoms with Crippen molar-refractivity contribution in [1.82, 2.24) is 10.2 Å². The summed E-state index contributed by atoms with van der Waals surface area (Å²) in [6.45, 7) is 1.50. The molecule has 1 aromatic carbocycles. The van der Waals surface area contributed by atoms with Crippen LogP contribution in [0.3, 0.4) is 0 Å². The zero-order valence-electron chi connectivity index (χ0n) is 11.9. The highest BCUT2D eigenvalue weighted by molar-refractivity contribution is 6.30. The number of carboxylic acids is 1. The number of rotatable bonds is 6. The van der Waals surface area contributed by atoms with Crippen LogP contribution in [0, 0.1) is 0 Å². The molecule has 2 unspecified atom stereocenters. The van der Waals surface area contributed by atoms with E-state index in [1.807, 2.05) is 13.0 Å². The fraction of sp³-hybridized carbons (Fsp3) is 0.429. The maximum atomic E-state index is 12.1. The van der Waals surface area contributed by atoms with Crippen molar-refractivity contribution in [3.05, 3.63) is 34.9 Å². The first-order valence-corrected chi connectivity index (χ1v) is 6.87. The van der Waals surface area contributed by atoms with Crippen molar-refractivity contribution in [2.24, 2.45) is 0 Å². The van der Waals surface area contributed by atoms with Crippen molar-refractivity contribution in [2.75, 3.05) is 13.7 Å². The number of urea groups is 1. The zero-order valence-corrected chi connectivity index (χ0v) is 12.7. The van der Waals surface area contributed by atoms with Crippen molar-refractivity contribution < 1.29 is 19.8 Å². The Labute approximate surface area is 128 Å². The second-order valence-electron chi connectivity index (χ2n) is 4.69. The monoisotopic (exact) mass is 314 g/mol. The molecule has 6 nitrogen and oxygen atoms in total. The van der Waals surface area contributed by atoms with Gasteiger partial charge in [0.2, 0.25) is 0 Å². The summed E-state index contributed by atoms with van der Waals surface area (Å²) in [6.07, 6.45) is -0.0412. The summed E-state index contributed by atoms with van der Waals surface area (Å²) in [4.78, 5) is 24.4.